The molecule has 1 fully saturated rings. The largest absolute Gasteiger partial charge is 0.481 e. The second-order valence-electron chi connectivity index (χ2n) is 7.41. The van der Waals surface area contributed by atoms with Crippen LogP contribution in [0.15, 0.2) is 48.7 Å². The van der Waals surface area contributed by atoms with Crippen molar-refractivity contribution in [2.24, 2.45) is 5.92 Å². The van der Waals surface area contributed by atoms with Gasteiger partial charge in [-0.05, 0) is 71.3 Å². The van der Waals surface area contributed by atoms with Gasteiger partial charge in [0.05, 0.1) is 11.5 Å². The summed E-state index contributed by atoms with van der Waals surface area (Å²) < 4.78 is 21.4. The minimum Gasteiger partial charge on any atom is -0.481 e. The number of hydrogen-bond donors (Lipinski definition) is 2. The van der Waals surface area contributed by atoms with E-state index in [0.717, 1.165) is 9.26 Å². The number of carboxylic acid groups (broad SMARTS) is 1. The monoisotopic (exact) mass is 530 g/mol. The molecule has 0 radical (unpaired) electrons. The van der Waals surface area contributed by atoms with Crippen LogP contribution in [0.4, 0.5) is 4.39 Å². The minimum atomic E-state index is -0.790. The molecule has 0 saturated heterocycles. The summed E-state index contributed by atoms with van der Waals surface area (Å²) >= 11 is 2.12. The molecule has 5 rings (SSSR count). The van der Waals surface area contributed by atoms with Crippen molar-refractivity contribution in [1.29, 1.82) is 0 Å². The Morgan fingerprint density at radius 2 is 1.94 bits per heavy atom. The number of fused-ring (bicyclic) bond motifs is 1. The highest BCUT2D eigenvalue weighted by molar-refractivity contribution is 14.1. The summed E-state index contributed by atoms with van der Waals surface area (Å²) in [5.41, 5.74) is 3.09. The molecule has 156 valence electrons. The lowest BCUT2D eigenvalue weighted by atomic mass is 9.82. The Hall–Kier alpha value is -3.08. The SMILES string of the molecule is O=C(O)[C@H]1C[C@H](Oc2ccc(-c3ccc(-c4nc5ccc(I)nc5[nH]4)c(F)c3)cn2)C1. The summed E-state index contributed by atoms with van der Waals surface area (Å²) in [6.07, 6.45) is 2.46. The number of pyridine rings is 2. The highest BCUT2D eigenvalue weighted by atomic mass is 127. The Morgan fingerprint density at radius 3 is 2.65 bits per heavy atom. The smallest absolute Gasteiger partial charge is 0.306 e. The van der Waals surface area contributed by atoms with Gasteiger partial charge in [-0.1, -0.05) is 6.07 Å². The Morgan fingerprint density at radius 1 is 1.13 bits per heavy atom. The second-order valence-corrected chi connectivity index (χ2v) is 8.52. The van der Waals surface area contributed by atoms with Crippen LogP contribution < -0.4 is 4.74 Å². The Labute approximate surface area is 189 Å². The Balaban J connectivity index is 1.33. The molecular formula is C22H16FIN4O3. The molecule has 9 heteroatoms. The van der Waals surface area contributed by atoms with Crippen molar-refractivity contribution in [1.82, 2.24) is 19.9 Å². The van der Waals surface area contributed by atoms with E-state index < -0.39 is 11.8 Å². The van der Waals surface area contributed by atoms with Crippen molar-refractivity contribution in [3.63, 3.8) is 0 Å². The van der Waals surface area contributed by atoms with Crippen molar-refractivity contribution in [3.8, 4) is 28.4 Å². The Bertz CT molecular complexity index is 1290. The van der Waals surface area contributed by atoms with E-state index in [4.69, 9.17) is 9.84 Å². The van der Waals surface area contributed by atoms with Gasteiger partial charge in [0.1, 0.15) is 27.0 Å². The summed E-state index contributed by atoms with van der Waals surface area (Å²) in [6, 6.07) is 12.1. The van der Waals surface area contributed by atoms with E-state index in [1.165, 1.54) is 6.07 Å². The molecule has 0 atom stereocenters. The maximum absolute atomic E-state index is 14.9. The van der Waals surface area contributed by atoms with Gasteiger partial charge < -0.3 is 14.8 Å². The molecule has 7 nitrogen and oxygen atoms in total. The fourth-order valence-corrected chi connectivity index (χ4v) is 3.96. The number of aliphatic carboxylic acids is 1. The van der Waals surface area contributed by atoms with E-state index in [2.05, 4.69) is 42.5 Å². The molecule has 0 aliphatic heterocycles. The fraction of sp³-hybridized carbons (Fsp3) is 0.182. The van der Waals surface area contributed by atoms with Crippen LogP contribution in [-0.2, 0) is 4.79 Å². The number of aromatic amines is 1. The van der Waals surface area contributed by atoms with E-state index in [-0.39, 0.29) is 12.0 Å². The number of H-pyrrole nitrogens is 1. The first kappa shape index (κ1) is 19.9. The standard InChI is InChI=1S/C22H16FIN4O3/c23-16-9-11(1-3-15(16)20-26-17-4-5-18(24)27-21(17)28-20)12-2-6-19(25-10-12)31-14-7-13(8-14)22(29)30/h1-6,9-10,13-14H,7-8H2,(H,29,30)(H,26,27,28)/t13-,14-. The number of aromatic nitrogens is 4. The number of carbonyl (C=O) groups is 1. The highest BCUT2D eigenvalue weighted by Gasteiger charge is 2.36. The predicted octanol–water partition coefficient (Wildman–Crippen LogP) is 4.67. The summed E-state index contributed by atoms with van der Waals surface area (Å²) in [7, 11) is 0. The van der Waals surface area contributed by atoms with Crippen LogP contribution in [0.1, 0.15) is 12.8 Å². The third-order valence-corrected chi connectivity index (χ3v) is 5.94. The fourth-order valence-electron chi connectivity index (χ4n) is 3.54. The number of rotatable bonds is 5. The van der Waals surface area contributed by atoms with Crippen molar-refractivity contribution in [2.75, 3.05) is 0 Å². The number of hydrogen-bond acceptors (Lipinski definition) is 5. The van der Waals surface area contributed by atoms with Crippen molar-refractivity contribution in [2.45, 2.75) is 18.9 Å². The first-order valence-corrected chi connectivity index (χ1v) is 10.7. The summed E-state index contributed by atoms with van der Waals surface area (Å²) in [5, 5.41) is 8.93. The summed E-state index contributed by atoms with van der Waals surface area (Å²) in [4.78, 5) is 27.0. The summed E-state index contributed by atoms with van der Waals surface area (Å²) in [6.45, 7) is 0. The molecule has 0 bridgehead atoms. The van der Waals surface area contributed by atoms with Crippen molar-refractivity contribution in [3.05, 3.63) is 58.2 Å². The molecule has 4 aromatic rings. The molecule has 2 N–H and O–H groups in total. The van der Waals surface area contributed by atoms with Gasteiger partial charge in [0.15, 0.2) is 5.65 Å². The first-order chi connectivity index (χ1) is 15.0. The molecule has 1 saturated carbocycles. The average Bonchev–Trinajstić information content (AvgIpc) is 3.13. The average molecular weight is 530 g/mol. The van der Waals surface area contributed by atoms with Crippen molar-refractivity contribution < 1.29 is 19.0 Å². The molecule has 0 amide bonds. The molecule has 0 unspecified atom stereocenters. The predicted molar refractivity (Wildman–Crippen MR) is 120 cm³/mol. The first-order valence-electron chi connectivity index (χ1n) is 9.64. The van der Waals surface area contributed by atoms with Crippen LogP contribution in [0.2, 0.25) is 0 Å². The van der Waals surface area contributed by atoms with Gasteiger partial charge in [-0.2, -0.15) is 0 Å². The normalized spacial score (nSPS) is 18.0. The third-order valence-electron chi connectivity index (χ3n) is 5.33. The van der Waals surface area contributed by atoms with Crippen molar-refractivity contribution >= 4 is 39.7 Å². The summed E-state index contributed by atoms with van der Waals surface area (Å²) in [5.74, 6) is -0.672. The van der Waals surface area contributed by atoms with Crippen LogP contribution in [0, 0.1) is 15.4 Å². The molecular weight excluding hydrogens is 514 g/mol. The van der Waals surface area contributed by atoms with E-state index in [0.29, 0.717) is 46.8 Å². The highest BCUT2D eigenvalue weighted by Crippen LogP contribution is 2.32. The molecule has 1 aromatic carbocycles. The molecule has 31 heavy (non-hydrogen) atoms. The zero-order chi connectivity index (χ0) is 21.5. The molecule has 1 aliphatic carbocycles. The quantitative estimate of drug-likeness (QED) is 0.287. The van der Waals surface area contributed by atoms with Gasteiger partial charge in [-0.15, -0.1) is 0 Å². The van der Waals surface area contributed by atoms with Gasteiger partial charge in [0.25, 0.3) is 0 Å². The molecule has 3 heterocycles. The number of nitrogens with zero attached hydrogens (tertiary/aromatic N) is 3. The van der Waals surface area contributed by atoms with E-state index in [1.54, 1.807) is 24.4 Å². The van der Waals surface area contributed by atoms with E-state index in [9.17, 15) is 9.18 Å². The van der Waals surface area contributed by atoms with Gasteiger partial charge in [-0.3, -0.25) is 4.79 Å². The minimum absolute atomic E-state index is 0.127. The van der Waals surface area contributed by atoms with Crippen LogP contribution in [-0.4, -0.2) is 37.1 Å². The number of benzene rings is 1. The second kappa shape index (κ2) is 7.88. The number of nitrogens with one attached hydrogen (secondary N) is 1. The van der Waals surface area contributed by atoms with Crippen LogP contribution >= 0.6 is 22.6 Å². The lowest BCUT2D eigenvalue weighted by molar-refractivity contribution is -0.148. The maximum Gasteiger partial charge on any atom is 0.306 e. The third kappa shape index (κ3) is 3.97. The van der Waals surface area contributed by atoms with E-state index >= 15 is 0 Å². The molecule has 0 spiro atoms. The van der Waals surface area contributed by atoms with Gasteiger partial charge in [-0.25, -0.2) is 19.3 Å². The zero-order valence-corrected chi connectivity index (χ0v) is 18.2. The number of halogens is 2. The van der Waals surface area contributed by atoms with Gasteiger partial charge in [0, 0.05) is 17.8 Å². The number of imidazole rings is 1. The molecule has 3 aromatic heterocycles. The van der Waals surface area contributed by atoms with E-state index in [1.807, 2.05) is 18.2 Å². The number of carboxylic acids is 1. The van der Waals surface area contributed by atoms with Crippen LogP contribution in [0.3, 0.4) is 0 Å². The Kier molecular flexibility index (Phi) is 5.05. The van der Waals surface area contributed by atoms with Gasteiger partial charge in [0.2, 0.25) is 5.88 Å². The topological polar surface area (TPSA) is 101 Å². The lowest BCUT2D eigenvalue weighted by Gasteiger charge is -2.31. The lowest BCUT2D eigenvalue weighted by Crippen LogP contribution is -2.38. The van der Waals surface area contributed by atoms with Gasteiger partial charge >= 0.3 is 5.97 Å². The zero-order valence-electron chi connectivity index (χ0n) is 16.0. The number of ether oxygens (including phenoxy) is 1. The molecule has 1 aliphatic rings. The van der Waals surface area contributed by atoms with Crippen LogP contribution in [0.25, 0.3) is 33.7 Å². The van der Waals surface area contributed by atoms with Crippen LogP contribution in [0.5, 0.6) is 5.88 Å². The maximum atomic E-state index is 14.9.